The second-order valence-electron chi connectivity index (χ2n) is 11.8. The van der Waals surface area contributed by atoms with Crippen LogP contribution in [0.4, 0.5) is 0 Å². The third-order valence-corrected chi connectivity index (χ3v) is 8.49. The van der Waals surface area contributed by atoms with Crippen molar-refractivity contribution >= 4 is 23.2 Å². The summed E-state index contributed by atoms with van der Waals surface area (Å²) in [6, 6.07) is 23.1. The zero-order valence-electron chi connectivity index (χ0n) is 24.2. The molecule has 2 aromatic carbocycles. The Labute approximate surface area is 246 Å². The summed E-state index contributed by atoms with van der Waals surface area (Å²) in [4.78, 5) is 44.2. The number of likely N-dealkylation sites (tertiary alicyclic amines) is 1. The van der Waals surface area contributed by atoms with Gasteiger partial charge in [-0.2, -0.15) is 5.10 Å². The number of nitrogens with one attached hydrogen (secondary N) is 1. The number of fused-ring (bicyclic) bond motifs is 2. The van der Waals surface area contributed by atoms with E-state index < -0.39 is 6.04 Å². The number of amides is 3. The Balaban J connectivity index is 1.24. The van der Waals surface area contributed by atoms with Gasteiger partial charge in [0.25, 0.3) is 5.91 Å². The van der Waals surface area contributed by atoms with Gasteiger partial charge in [0.15, 0.2) is 5.69 Å². The number of aromatic nitrogens is 2. The summed E-state index contributed by atoms with van der Waals surface area (Å²) >= 11 is 0. The highest BCUT2D eigenvalue weighted by molar-refractivity contribution is 5.95. The number of carbonyl (C=O) groups excluding carboxylic acids is 3. The number of pyridine rings is 1. The topological polar surface area (TPSA) is 87.0 Å². The van der Waals surface area contributed by atoms with E-state index in [1.165, 1.54) is 0 Å². The molecule has 0 spiro atoms. The van der Waals surface area contributed by atoms with Crippen LogP contribution in [0.1, 0.15) is 54.7 Å². The Bertz CT molecular complexity index is 1610. The molecule has 8 heteroatoms. The van der Waals surface area contributed by atoms with Gasteiger partial charge in [0.2, 0.25) is 11.8 Å². The number of hydrogen-bond acceptors (Lipinski definition) is 4. The van der Waals surface area contributed by atoms with E-state index in [9.17, 15) is 14.4 Å². The number of nitrogens with zero attached hydrogens (tertiary/aromatic N) is 4. The lowest BCUT2D eigenvalue weighted by Crippen LogP contribution is -2.52. The molecule has 0 aliphatic carbocycles. The minimum Gasteiger partial charge on any atom is -0.344 e. The van der Waals surface area contributed by atoms with Crippen LogP contribution in [0.2, 0.25) is 0 Å². The van der Waals surface area contributed by atoms with Crippen molar-refractivity contribution in [2.75, 3.05) is 13.1 Å². The van der Waals surface area contributed by atoms with Crippen molar-refractivity contribution in [1.29, 1.82) is 0 Å². The van der Waals surface area contributed by atoms with Gasteiger partial charge in [0, 0.05) is 38.3 Å². The summed E-state index contributed by atoms with van der Waals surface area (Å²) in [6.07, 6.45) is 4.54. The molecule has 3 amide bonds. The first-order valence-electron chi connectivity index (χ1n) is 14.9. The van der Waals surface area contributed by atoms with E-state index in [0.29, 0.717) is 18.7 Å². The highest BCUT2D eigenvalue weighted by Gasteiger charge is 2.35. The predicted molar refractivity (Wildman–Crippen MR) is 162 cm³/mol. The Hall–Kier alpha value is -4.46. The van der Waals surface area contributed by atoms with E-state index >= 15 is 0 Å². The summed E-state index contributed by atoms with van der Waals surface area (Å²) in [5, 5.41) is 7.62. The normalized spacial score (nSPS) is 17.4. The summed E-state index contributed by atoms with van der Waals surface area (Å²) in [6.45, 7) is 5.80. The fourth-order valence-electron chi connectivity index (χ4n) is 6.16. The van der Waals surface area contributed by atoms with Crippen LogP contribution in [-0.2, 0) is 22.6 Å². The van der Waals surface area contributed by atoms with Gasteiger partial charge in [0.05, 0.1) is 5.52 Å². The molecule has 8 nitrogen and oxygen atoms in total. The number of carbonyl (C=O) groups is 3. The van der Waals surface area contributed by atoms with E-state index in [1.54, 1.807) is 9.42 Å². The van der Waals surface area contributed by atoms with Crippen molar-refractivity contribution in [2.24, 2.45) is 5.92 Å². The second-order valence-corrected chi connectivity index (χ2v) is 11.8. The van der Waals surface area contributed by atoms with Crippen LogP contribution in [-0.4, -0.2) is 62.3 Å². The minimum absolute atomic E-state index is 0.0163. The lowest BCUT2D eigenvalue weighted by molar-refractivity contribution is -0.137. The van der Waals surface area contributed by atoms with Gasteiger partial charge >= 0.3 is 0 Å². The van der Waals surface area contributed by atoms with Gasteiger partial charge in [-0.15, -0.1) is 0 Å². The zero-order chi connectivity index (χ0) is 29.2. The third-order valence-electron chi connectivity index (χ3n) is 8.49. The molecule has 1 saturated heterocycles. The Morgan fingerprint density at radius 3 is 2.36 bits per heavy atom. The standard InChI is InChI=1S/C34H37N5O3/c1-23(2)32(34(42)37-15-8-9-16-37)35-31(40)21-28-18-25-12-6-7-13-27(25)22-38(28)33(41)30-20-29-19-26(14-17-39(29)36-30)24-10-4-3-5-11-24/h3-7,10-14,17,19-20,23,28,32H,8-9,15-16,18,21-22H2,1-2H3,(H,35,40)/t28-,32-/m0/s1. The fourth-order valence-corrected chi connectivity index (χ4v) is 6.16. The molecular weight excluding hydrogens is 526 g/mol. The van der Waals surface area contributed by atoms with Crippen LogP contribution in [0.3, 0.4) is 0 Å². The monoisotopic (exact) mass is 563 g/mol. The SMILES string of the molecule is CC(C)[C@H](NC(=O)C[C@@H]1Cc2ccccc2CN1C(=O)c1cc2cc(-c3ccccc3)ccn2n1)C(=O)N1CCCC1. The van der Waals surface area contributed by atoms with E-state index in [-0.39, 0.29) is 36.1 Å². The third kappa shape index (κ3) is 5.66. The summed E-state index contributed by atoms with van der Waals surface area (Å²) < 4.78 is 1.72. The highest BCUT2D eigenvalue weighted by atomic mass is 16.2. The molecule has 2 atom stereocenters. The average molecular weight is 564 g/mol. The van der Waals surface area contributed by atoms with Crippen molar-refractivity contribution in [3.05, 3.63) is 95.8 Å². The van der Waals surface area contributed by atoms with Gasteiger partial charge in [-0.25, -0.2) is 4.52 Å². The Kier molecular flexibility index (Phi) is 7.78. The molecule has 0 radical (unpaired) electrons. The highest BCUT2D eigenvalue weighted by Crippen LogP contribution is 2.28. The summed E-state index contributed by atoms with van der Waals surface area (Å²) in [5.41, 5.74) is 5.51. The first kappa shape index (κ1) is 27.7. The molecule has 2 aliphatic heterocycles. The van der Waals surface area contributed by atoms with Crippen molar-refractivity contribution in [1.82, 2.24) is 24.7 Å². The van der Waals surface area contributed by atoms with Gasteiger partial charge in [-0.05, 0) is 65.6 Å². The van der Waals surface area contributed by atoms with E-state index in [0.717, 1.165) is 53.7 Å². The van der Waals surface area contributed by atoms with Gasteiger partial charge < -0.3 is 15.1 Å². The van der Waals surface area contributed by atoms with Crippen molar-refractivity contribution in [3.63, 3.8) is 0 Å². The predicted octanol–water partition coefficient (Wildman–Crippen LogP) is 4.72. The molecule has 4 heterocycles. The maximum Gasteiger partial charge on any atom is 0.274 e. The molecule has 0 bridgehead atoms. The molecule has 2 aliphatic rings. The Morgan fingerprint density at radius 1 is 0.905 bits per heavy atom. The molecule has 216 valence electrons. The molecule has 0 saturated carbocycles. The van der Waals surface area contributed by atoms with Crippen LogP contribution in [0.15, 0.2) is 79.0 Å². The minimum atomic E-state index is -0.576. The number of hydrogen-bond donors (Lipinski definition) is 1. The number of benzene rings is 2. The molecule has 6 rings (SSSR count). The first-order valence-corrected chi connectivity index (χ1v) is 14.9. The smallest absolute Gasteiger partial charge is 0.274 e. The largest absolute Gasteiger partial charge is 0.344 e. The van der Waals surface area contributed by atoms with E-state index in [1.807, 2.05) is 79.5 Å². The maximum atomic E-state index is 14.0. The average Bonchev–Trinajstić information content (AvgIpc) is 3.69. The van der Waals surface area contributed by atoms with Crippen LogP contribution < -0.4 is 5.32 Å². The molecular formula is C34H37N5O3. The molecule has 42 heavy (non-hydrogen) atoms. The van der Waals surface area contributed by atoms with Crippen LogP contribution in [0, 0.1) is 5.92 Å². The van der Waals surface area contributed by atoms with E-state index in [2.05, 4.69) is 28.6 Å². The molecule has 4 aromatic rings. The molecule has 1 fully saturated rings. The van der Waals surface area contributed by atoms with Gasteiger partial charge in [0.1, 0.15) is 6.04 Å². The van der Waals surface area contributed by atoms with Crippen molar-refractivity contribution in [3.8, 4) is 11.1 Å². The van der Waals surface area contributed by atoms with Crippen molar-refractivity contribution < 1.29 is 14.4 Å². The summed E-state index contributed by atoms with van der Waals surface area (Å²) in [7, 11) is 0. The van der Waals surface area contributed by atoms with Crippen molar-refractivity contribution in [2.45, 2.75) is 58.2 Å². The lowest BCUT2D eigenvalue weighted by atomic mass is 9.91. The fraction of sp³-hybridized carbons (Fsp3) is 0.353. The van der Waals surface area contributed by atoms with Crippen LogP contribution in [0.25, 0.3) is 16.6 Å². The van der Waals surface area contributed by atoms with Gasteiger partial charge in [-0.1, -0.05) is 68.4 Å². The van der Waals surface area contributed by atoms with Gasteiger partial charge in [-0.3, -0.25) is 14.4 Å². The van der Waals surface area contributed by atoms with Crippen LogP contribution >= 0.6 is 0 Å². The lowest BCUT2D eigenvalue weighted by Gasteiger charge is -2.37. The summed E-state index contributed by atoms with van der Waals surface area (Å²) in [5.74, 6) is -0.477. The maximum absolute atomic E-state index is 14.0. The second kappa shape index (κ2) is 11.8. The Morgan fingerprint density at radius 2 is 1.62 bits per heavy atom. The zero-order valence-corrected chi connectivity index (χ0v) is 24.2. The van der Waals surface area contributed by atoms with E-state index in [4.69, 9.17) is 0 Å². The molecule has 2 aromatic heterocycles. The van der Waals surface area contributed by atoms with Crippen LogP contribution in [0.5, 0.6) is 0 Å². The number of rotatable bonds is 7. The molecule has 1 N–H and O–H groups in total. The first-order chi connectivity index (χ1) is 20.4. The quantitative estimate of drug-likeness (QED) is 0.353. The molecule has 0 unspecified atom stereocenters.